The molecule has 22 heteroatoms. The van der Waals surface area contributed by atoms with Crippen molar-refractivity contribution in [3.8, 4) is 0 Å². The highest BCUT2D eigenvalue weighted by Crippen LogP contribution is 2.31. The van der Waals surface area contributed by atoms with E-state index >= 15 is 35.1 Å². The third-order valence-corrected chi connectivity index (χ3v) is 18.1. The molecular formula is C71H98BF20N. The smallest absolute Gasteiger partial charge is 0.200 e. The summed E-state index contributed by atoms with van der Waals surface area (Å²) in [6.07, 6.45) is 54.8. The first-order valence-corrected chi connectivity index (χ1v) is 34.6. The molecule has 0 radical (unpaired) electrons. The van der Waals surface area contributed by atoms with Gasteiger partial charge in [0, 0.05) is 0 Å². The largest absolute Gasteiger partial charge is 0.337 e. The van der Waals surface area contributed by atoms with E-state index in [1.807, 2.05) is 0 Å². The van der Waals surface area contributed by atoms with Crippen LogP contribution < -0.4 is 26.8 Å². The summed E-state index contributed by atoms with van der Waals surface area (Å²) in [5.41, 5.74) is -14.3. The molecule has 0 amide bonds. The molecule has 0 heterocycles. The Kier molecular flexibility index (Phi) is 40.1. The van der Waals surface area contributed by atoms with Gasteiger partial charge in [-0.2, -0.15) is 0 Å². The minimum atomic E-state index is -7.22. The number of rotatable bonds is 48. The van der Waals surface area contributed by atoms with Crippen molar-refractivity contribution < 1.29 is 92.7 Å². The summed E-state index contributed by atoms with van der Waals surface area (Å²) in [4.78, 5) is 1.78. The van der Waals surface area contributed by atoms with E-state index in [0.717, 1.165) is 0 Å². The Hall–Kier alpha value is -4.50. The summed E-state index contributed by atoms with van der Waals surface area (Å²) < 4.78 is 294. The molecule has 0 saturated carbocycles. The standard InChI is InChI=1S/C47H97N.C24BF20/c1-4-6-8-10-12-14-16-18-20-22-24-26-28-30-32-34-36-38-40-42-44-46-48(3)47-45-43-41-39-37-35-33-31-29-27-25-23-21-19-17-15-13-11-9-7-5-2;26-5-1(6(27)14(35)21(42)13(5)34)25(2-7(28)15(36)22(43)16(37)8(2)29,3-9(30)17(38)23(44)18(39)10(3)31)4-11(32)19(40)24(45)20(41)12(4)33/h4-47H2,1-3H3;/q;-1/p+1. The van der Waals surface area contributed by atoms with Gasteiger partial charge in [0.2, 0.25) is 0 Å². The van der Waals surface area contributed by atoms with E-state index in [9.17, 15) is 52.7 Å². The molecule has 4 aromatic rings. The fraction of sp³-hybridized carbons (Fsp3) is 0.662. The Labute approximate surface area is 538 Å². The van der Waals surface area contributed by atoms with Crippen molar-refractivity contribution in [2.75, 3.05) is 20.1 Å². The predicted molar refractivity (Wildman–Crippen MR) is 331 cm³/mol. The van der Waals surface area contributed by atoms with Gasteiger partial charge in [-0.15, -0.1) is 21.9 Å². The van der Waals surface area contributed by atoms with E-state index in [1.54, 1.807) is 4.90 Å². The third-order valence-electron chi connectivity index (χ3n) is 18.1. The highest BCUT2D eigenvalue weighted by Gasteiger charge is 2.52. The van der Waals surface area contributed by atoms with Crippen LogP contribution in [0, 0.1) is 116 Å². The lowest BCUT2D eigenvalue weighted by atomic mass is 9.12. The van der Waals surface area contributed by atoms with Crippen LogP contribution in [0.4, 0.5) is 87.8 Å². The van der Waals surface area contributed by atoms with E-state index in [1.165, 1.54) is 283 Å². The highest BCUT2D eigenvalue weighted by atomic mass is 19.2. The number of benzene rings is 4. The van der Waals surface area contributed by atoms with Crippen LogP contribution in [0.15, 0.2) is 0 Å². The third kappa shape index (κ3) is 24.5. The minimum Gasteiger partial charge on any atom is -0.337 e. The lowest BCUT2D eigenvalue weighted by molar-refractivity contribution is -0.880. The van der Waals surface area contributed by atoms with Gasteiger partial charge in [0.15, 0.2) is 69.8 Å². The van der Waals surface area contributed by atoms with Crippen molar-refractivity contribution in [1.29, 1.82) is 0 Å². The van der Waals surface area contributed by atoms with Crippen LogP contribution in [0.2, 0.25) is 0 Å². The Bertz CT molecular complexity index is 2380. The lowest BCUT2D eigenvalue weighted by Gasteiger charge is -2.44. The van der Waals surface area contributed by atoms with Crippen LogP contribution in [0.25, 0.3) is 0 Å². The number of hydrogen-bond donors (Lipinski definition) is 1. The first-order valence-electron chi connectivity index (χ1n) is 34.6. The fourth-order valence-electron chi connectivity index (χ4n) is 12.7. The number of halogens is 20. The van der Waals surface area contributed by atoms with Crippen molar-refractivity contribution >= 4 is 28.0 Å². The Morgan fingerprint density at radius 2 is 0.280 bits per heavy atom. The monoisotopic (exact) mass is 1360 g/mol. The van der Waals surface area contributed by atoms with Gasteiger partial charge in [0.05, 0.1) is 20.1 Å². The zero-order chi connectivity index (χ0) is 69.0. The SMILES string of the molecule is CCCCCCCCCCCCCCCCCCCCCCC[NH+](C)CCCCCCCCCCCCCCCCCCCCCCC.Fc1c(F)c(F)c([B-](c2c(F)c(F)c(F)c(F)c2F)(c2c(F)c(F)c(F)c(F)c2F)c2c(F)c(F)c(F)c(F)c2F)c(F)c1F. The molecule has 0 fully saturated rings. The molecule has 0 bridgehead atoms. The summed E-state index contributed by atoms with van der Waals surface area (Å²) >= 11 is 0. The van der Waals surface area contributed by atoms with Crippen molar-refractivity contribution in [3.05, 3.63) is 116 Å². The van der Waals surface area contributed by atoms with Crippen LogP contribution in [0.1, 0.15) is 284 Å². The predicted octanol–water partition coefficient (Wildman–Crippen LogP) is 21.8. The normalized spacial score (nSPS) is 11.9. The highest BCUT2D eigenvalue weighted by molar-refractivity contribution is 7.20. The molecule has 0 spiro atoms. The zero-order valence-corrected chi connectivity index (χ0v) is 54.7. The minimum absolute atomic E-state index is 1.37. The summed E-state index contributed by atoms with van der Waals surface area (Å²) in [6, 6.07) is 0. The van der Waals surface area contributed by atoms with Gasteiger partial charge in [-0.25, -0.2) is 87.8 Å². The molecule has 0 aliphatic rings. The number of quaternary nitrogens is 1. The van der Waals surface area contributed by atoms with Gasteiger partial charge in [0.1, 0.15) is 52.7 Å². The molecule has 530 valence electrons. The van der Waals surface area contributed by atoms with E-state index in [2.05, 4.69) is 20.9 Å². The number of unbranched alkanes of at least 4 members (excludes halogenated alkanes) is 40. The molecule has 0 unspecified atom stereocenters. The summed E-state index contributed by atoms with van der Waals surface area (Å²) in [7, 11) is 2.44. The molecular weight excluding hydrogens is 1260 g/mol. The van der Waals surface area contributed by atoms with Crippen LogP contribution in [0.5, 0.6) is 0 Å². The summed E-state index contributed by atoms with van der Waals surface area (Å²) in [5, 5.41) is 0. The summed E-state index contributed by atoms with van der Waals surface area (Å²) in [6.45, 7) is 7.42. The molecule has 4 aromatic carbocycles. The van der Waals surface area contributed by atoms with E-state index < -0.39 is 144 Å². The second kappa shape index (κ2) is 45.1. The van der Waals surface area contributed by atoms with Gasteiger partial charge in [-0.05, 0) is 25.7 Å². The number of hydrogen-bond acceptors (Lipinski definition) is 0. The molecule has 0 aliphatic heterocycles. The molecule has 0 atom stereocenters. The summed E-state index contributed by atoms with van der Waals surface area (Å²) in [5.74, 6) is -71.4. The van der Waals surface area contributed by atoms with Crippen molar-refractivity contribution in [1.82, 2.24) is 0 Å². The topological polar surface area (TPSA) is 4.44 Å². The lowest BCUT2D eigenvalue weighted by Crippen LogP contribution is -3.09. The van der Waals surface area contributed by atoms with Gasteiger partial charge in [-0.1, -0.05) is 258 Å². The van der Waals surface area contributed by atoms with Crippen LogP contribution in [-0.4, -0.2) is 26.3 Å². The molecule has 1 N–H and O–H groups in total. The molecule has 0 aliphatic carbocycles. The van der Waals surface area contributed by atoms with Gasteiger partial charge in [-0.3, -0.25) is 0 Å². The zero-order valence-electron chi connectivity index (χ0n) is 54.7. The van der Waals surface area contributed by atoms with Crippen molar-refractivity contribution in [2.24, 2.45) is 0 Å². The Morgan fingerprint density at radius 1 is 0.172 bits per heavy atom. The molecule has 4 rings (SSSR count). The molecule has 93 heavy (non-hydrogen) atoms. The number of nitrogens with one attached hydrogen (secondary N) is 1. The maximum atomic E-state index is 15.4. The first-order chi connectivity index (χ1) is 44.5. The second-order valence-corrected chi connectivity index (χ2v) is 25.4. The maximum Gasteiger partial charge on any atom is 0.200 e. The van der Waals surface area contributed by atoms with E-state index in [-0.39, 0.29) is 0 Å². The van der Waals surface area contributed by atoms with Gasteiger partial charge in [0.25, 0.3) is 0 Å². The van der Waals surface area contributed by atoms with Crippen molar-refractivity contribution in [2.45, 2.75) is 284 Å². The average Bonchev–Trinajstić information content (AvgIpc) is 0.684. The van der Waals surface area contributed by atoms with E-state index in [4.69, 9.17) is 0 Å². The van der Waals surface area contributed by atoms with Gasteiger partial charge >= 0.3 is 0 Å². The second-order valence-electron chi connectivity index (χ2n) is 25.4. The van der Waals surface area contributed by atoms with Crippen LogP contribution >= 0.6 is 0 Å². The quantitative estimate of drug-likeness (QED) is 0.0148. The maximum absolute atomic E-state index is 15.4. The Morgan fingerprint density at radius 3 is 0.409 bits per heavy atom. The molecule has 1 nitrogen and oxygen atoms in total. The molecule has 0 aromatic heterocycles. The van der Waals surface area contributed by atoms with Crippen molar-refractivity contribution in [3.63, 3.8) is 0 Å². The first kappa shape index (κ1) is 82.7. The Balaban J connectivity index is 0.000000486. The average molecular weight is 1360 g/mol. The van der Waals surface area contributed by atoms with E-state index in [0.29, 0.717) is 0 Å². The fourth-order valence-corrected chi connectivity index (χ4v) is 12.7. The van der Waals surface area contributed by atoms with Crippen LogP contribution in [0.3, 0.4) is 0 Å². The van der Waals surface area contributed by atoms with Gasteiger partial charge < -0.3 is 4.90 Å². The molecule has 0 saturated heterocycles. The van der Waals surface area contributed by atoms with Crippen LogP contribution in [-0.2, 0) is 0 Å².